The Hall–Kier alpha value is -2.73. The summed E-state index contributed by atoms with van der Waals surface area (Å²) in [5.41, 5.74) is 0.797. The van der Waals surface area contributed by atoms with Crippen molar-refractivity contribution in [3.8, 4) is 0 Å². The van der Waals surface area contributed by atoms with Gasteiger partial charge in [-0.1, -0.05) is 167 Å². The fourth-order valence-corrected chi connectivity index (χ4v) is 7.09. The van der Waals surface area contributed by atoms with Crippen LogP contribution in [0.15, 0.2) is 30.3 Å². The molecule has 11 nitrogen and oxygen atoms in total. The predicted octanol–water partition coefficient (Wildman–Crippen LogP) is 7.53. The van der Waals surface area contributed by atoms with Crippen LogP contribution in [0.2, 0.25) is 0 Å². The number of carbonyl (C=O) groups excluding carboxylic acids is 3. The monoisotopic (exact) mass is 762 g/mol. The molecule has 0 bridgehead atoms. The number of benzene rings is 1. The fourth-order valence-electron chi connectivity index (χ4n) is 7.09. The molecule has 1 aliphatic rings. The summed E-state index contributed by atoms with van der Waals surface area (Å²) in [5.74, 6) is -1.12. The highest BCUT2D eigenvalue weighted by Crippen LogP contribution is 2.26. The van der Waals surface area contributed by atoms with E-state index in [0.717, 1.165) is 44.1 Å². The zero-order chi connectivity index (χ0) is 39.6. The lowest BCUT2D eigenvalue weighted by molar-refractivity contribution is -0.231. The highest BCUT2D eigenvalue weighted by Gasteiger charge is 2.48. The molecule has 11 heteroatoms. The van der Waals surface area contributed by atoms with Gasteiger partial charge in [0.15, 0.2) is 6.23 Å². The SMILES string of the molecule is CCCCCCCCCCCCN(C(=O)CCCCCCCCCCC)[C@@H]1O[C@H](CO)[C@@H](O)[C@H](O)[C@H]1NC(=O)[C@@H](NC(=O)OCc1ccccc1)C(C)C. The summed E-state index contributed by atoms with van der Waals surface area (Å²) in [4.78, 5) is 42.2. The molecule has 0 aliphatic carbocycles. The highest BCUT2D eigenvalue weighted by molar-refractivity contribution is 5.86. The van der Waals surface area contributed by atoms with Crippen LogP contribution in [-0.4, -0.2) is 87.9 Å². The van der Waals surface area contributed by atoms with Gasteiger partial charge in [0.2, 0.25) is 11.8 Å². The molecular weight excluding hydrogens is 686 g/mol. The van der Waals surface area contributed by atoms with Gasteiger partial charge in [-0.15, -0.1) is 0 Å². The van der Waals surface area contributed by atoms with Gasteiger partial charge in [0.25, 0.3) is 0 Å². The molecule has 2 rings (SSSR count). The molecule has 0 spiro atoms. The van der Waals surface area contributed by atoms with Gasteiger partial charge in [0.1, 0.15) is 37.0 Å². The van der Waals surface area contributed by atoms with Gasteiger partial charge >= 0.3 is 6.09 Å². The first kappa shape index (κ1) is 47.4. The molecule has 1 aromatic rings. The van der Waals surface area contributed by atoms with Crippen LogP contribution in [0, 0.1) is 5.92 Å². The lowest BCUT2D eigenvalue weighted by Gasteiger charge is -2.47. The first-order chi connectivity index (χ1) is 26.1. The number of aliphatic hydroxyl groups is 3. The maximum atomic E-state index is 14.0. The number of hydrogen-bond acceptors (Lipinski definition) is 8. The van der Waals surface area contributed by atoms with Crippen LogP contribution >= 0.6 is 0 Å². The van der Waals surface area contributed by atoms with Crippen molar-refractivity contribution in [2.24, 2.45) is 5.92 Å². The molecule has 6 atom stereocenters. The Labute approximate surface area is 326 Å². The largest absolute Gasteiger partial charge is 0.445 e. The molecule has 3 amide bonds. The number of hydrogen-bond donors (Lipinski definition) is 5. The number of aliphatic hydroxyl groups excluding tert-OH is 3. The summed E-state index contributed by atoms with van der Waals surface area (Å²) in [5, 5.41) is 37.8. The third-order valence-electron chi connectivity index (χ3n) is 10.5. The van der Waals surface area contributed by atoms with Crippen LogP contribution in [0.5, 0.6) is 0 Å². The quantitative estimate of drug-likeness (QED) is 0.0525. The number of rotatable bonds is 29. The number of nitrogens with one attached hydrogen (secondary N) is 2. The van der Waals surface area contributed by atoms with Crippen LogP contribution in [0.25, 0.3) is 0 Å². The third kappa shape index (κ3) is 18.3. The zero-order valence-corrected chi connectivity index (χ0v) is 34.0. The van der Waals surface area contributed by atoms with Crippen LogP contribution in [-0.2, 0) is 25.7 Å². The number of nitrogens with zero attached hydrogens (tertiary/aromatic N) is 1. The van der Waals surface area contributed by atoms with Gasteiger partial charge < -0.3 is 40.3 Å². The molecule has 5 N–H and O–H groups in total. The molecule has 0 saturated carbocycles. The van der Waals surface area contributed by atoms with E-state index in [-0.39, 0.29) is 18.4 Å². The van der Waals surface area contributed by atoms with E-state index < -0.39 is 55.2 Å². The van der Waals surface area contributed by atoms with Crippen molar-refractivity contribution < 1.29 is 39.2 Å². The zero-order valence-electron chi connectivity index (χ0n) is 34.0. The third-order valence-corrected chi connectivity index (χ3v) is 10.5. The van der Waals surface area contributed by atoms with Gasteiger partial charge in [0, 0.05) is 13.0 Å². The van der Waals surface area contributed by atoms with Gasteiger partial charge in [0.05, 0.1) is 6.61 Å². The van der Waals surface area contributed by atoms with Crippen LogP contribution in [0.3, 0.4) is 0 Å². The molecule has 0 radical (unpaired) electrons. The smallest absolute Gasteiger partial charge is 0.408 e. The Kier molecular flexibility index (Phi) is 25.2. The molecule has 54 heavy (non-hydrogen) atoms. The number of alkyl carbamates (subject to hydrolysis) is 1. The molecule has 1 aliphatic heterocycles. The van der Waals surface area contributed by atoms with Crippen molar-refractivity contribution in [1.29, 1.82) is 0 Å². The average molecular weight is 762 g/mol. The summed E-state index contributed by atoms with van der Waals surface area (Å²) in [6.07, 6.45) is 15.5. The summed E-state index contributed by atoms with van der Waals surface area (Å²) in [6, 6.07) is 6.94. The minimum Gasteiger partial charge on any atom is -0.445 e. The maximum Gasteiger partial charge on any atom is 0.408 e. The first-order valence-electron chi connectivity index (χ1n) is 21.3. The minimum atomic E-state index is -1.54. The van der Waals surface area contributed by atoms with Crippen LogP contribution < -0.4 is 10.6 Å². The van der Waals surface area contributed by atoms with Crippen molar-refractivity contribution in [2.75, 3.05) is 13.2 Å². The molecule has 1 heterocycles. The highest BCUT2D eigenvalue weighted by atomic mass is 16.6. The van der Waals surface area contributed by atoms with Gasteiger partial charge in [-0.2, -0.15) is 0 Å². The van der Waals surface area contributed by atoms with E-state index in [1.807, 2.05) is 30.3 Å². The van der Waals surface area contributed by atoms with E-state index in [1.54, 1.807) is 18.7 Å². The molecule has 1 fully saturated rings. The lowest BCUT2D eigenvalue weighted by Crippen LogP contribution is -2.70. The van der Waals surface area contributed by atoms with E-state index in [0.29, 0.717) is 25.8 Å². The van der Waals surface area contributed by atoms with E-state index in [2.05, 4.69) is 24.5 Å². The Bertz CT molecular complexity index is 1140. The maximum absolute atomic E-state index is 14.0. The standard InChI is InChI=1S/C43H75N3O8/c1-5-7-9-11-13-15-17-19-21-26-30-46(36(48)29-25-20-18-16-14-12-10-8-6-2)42-38(40(50)39(49)35(31-47)54-42)44-41(51)37(33(3)4)45-43(52)53-32-34-27-23-22-24-28-34/h22-24,27-28,33,35,37-40,42,47,49-50H,5-21,25-26,29-32H2,1-4H3,(H,44,51)(H,45,52)/t35-,37+,38-,39-,40-,42-/m1/s1. The van der Waals surface area contributed by atoms with Gasteiger partial charge in [-0.3, -0.25) is 9.59 Å². The first-order valence-corrected chi connectivity index (χ1v) is 21.3. The topological polar surface area (TPSA) is 158 Å². The minimum absolute atomic E-state index is 0.0279. The normalized spacial score (nSPS) is 20.4. The Morgan fingerprint density at radius 2 is 1.28 bits per heavy atom. The van der Waals surface area contributed by atoms with Gasteiger partial charge in [-0.05, 0) is 24.3 Å². The molecular formula is C43H75N3O8. The molecule has 0 aromatic heterocycles. The number of ether oxygens (including phenoxy) is 2. The average Bonchev–Trinajstić information content (AvgIpc) is 3.17. The number of carbonyl (C=O) groups is 3. The number of amides is 3. The second kappa shape index (κ2) is 28.6. The lowest BCUT2D eigenvalue weighted by atomic mass is 9.93. The summed E-state index contributed by atoms with van der Waals surface area (Å²) < 4.78 is 11.5. The Balaban J connectivity index is 2.15. The summed E-state index contributed by atoms with van der Waals surface area (Å²) in [7, 11) is 0. The molecule has 1 saturated heterocycles. The molecule has 0 unspecified atom stereocenters. The van der Waals surface area contributed by atoms with Crippen molar-refractivity contribution in [3.63, 3.8) is 0 Å². The second-order valence-electron chi connectivity index (χ2n) is 15.5. The van der Waals surface area contributed by atoms with E-state index in [1.165, 1.54) is 70.6 Å². The Morgan fingerprint density at radius 1 is 0.759 bits per heavy atom. The second-order valence-corrected chi connectivity index (χ2v) is 15.5. The van der Waals surface area contributed by atoms with Crippen molar-refractivity contribution in [3.05, 3.63) is 35.9 Å². The van der Waals surface area contributed by atoms with Crippen molar-refractivity contribution in [2.45, 2.75) is 199 Å². The van der Waals surface area contributed by atoms with E-state index in [4.69, 9.17) is 9.47 Å². The fraction of sp³-hybridized carbons (Fsp3) is 0.791. The number of unbranched alkanes of at least 4 members (excludes halogenated alkanes) is 17. The molecule has 1 aromatic carbocycles. The van der Waals surface area contributed by atoms with Crippen molar-refractivity contribution >= 4 is 17.9 Å². The summed E-state index contributed by atoms with van der Waals surface area (Å²) >= 11 is 0. The van der Waals surface area contributed by atoms with E-state index >= 15 is 0 Å². The van der Waals surface area contributed by atoms with Crippen LogP contribution in [0.4, 0.5) is 4.79 Å². The van der Waals surface area contributed by atoms with Crippen LogP contribution in [0.1, 0.15) is 162 Å². The Morgan fingerprint density at radius 3 is 1.80 bits per heavy atom. The predicted molar refractivity (Wildman–Crippen MR) is 213 cm³/mol. The van der Waals surface area contributed by atoms with Crippen molar-refractivity contribution in [1.82, 2.24) is 15.5 Å². The van der Waals surface area contributed by atoms with Gasteiger partial charge in [-0.25, -0.2) is 4.79 Å². The van der Waals surface area contributed by atoms with E-state index in [9.17, 15) is 29.7 Å². The molecule has 310 valence electrons. The summed E-state index contributed by atoms with van der Waals surface area (Å²) in [6.45, 7) is 7.79.